The smallest absolute Gasteiger partial charge is 0.234 e. The zero-order valence-electron chi connectivity index (χ0n) is 13.4. The number of nitrogens with zero attached hydrogens (tertiary/aromatic N) is 2. The third-order valence-corrected chi connectivity index (χ3v) is 6.21. The maximum Gasteiger partial charge on any atom is 0.234 e. The lowest BCUT2D eigenvalue weighted by Crippen LogP contribution is -2.51. The van der Waals surface area contributed by atoms with Crippen LogP contribution in [0.3, 0.4) is 0 Å². The number of carbonyl (C=O) groups is 1. The average molecular weight is 368 g/mol. The number of halogens is 1. The number of thiazole rings is 1. The van der Waals surface area contributed by atoms with E-state index < -0.39 is 5.54 Å². The van der Waals surface area contributed by atoms with E-state index in [1.807, 2.05) is 39.0 Å². The van der Waals surface area contributed by atoms with Gasteiger partial charge >= 0.3 is 0 Å². The van der Waals surface area contributed by atoms with Gasteiger partial charge in [-0.15, -0.1) is 11.3 Å². The van der Waals surface area contributed by atoms with E-state index in [-0.39, 0.29) is 17.1 Å². The summed E-state index contributed by atoms with van der Waals surface area (Å²) in [6.45, 7) is 7.39. The SMILES string of the molecule is CC(C)[C@@](C)(C#N)NC(=O)[C@H](C)Sc1nc2cc(Cl)ccc2s1. The van der Waals surface area contributed by atoms with Crippen LogP contribution in [0, 0.1) is 17.2 Å². The van der Waals surface area contributed by atoms with Crippen molar-refractivity contribution in [1.82, 2.24) is 10.3 Å². The number of hydrogen-bond acceptors (Lipinski definition) is 5. The molecule has 0 saturated heterocycles. The molecule has 1 amide bonds. The number of thioether (sulfide) groups is 1. The van der Waals surface area contributed by atoms with E-state index >= 15 is 0 Å². The Labute approximate surface area is 149 Å². The summed E-state index contributed by atoms with van der Waals surface area (Å²) >= 11 is 8.88. The van der Waals surface area contributed by atoms with Crippen molar-refractivity contribution in [2.75, 3.05) is 0 Å². The molecule has 1 N–H and O–H groups in total. The molecule has 0 saturated carbocycles. The molecule has 122 valence electrons. The standard InChI is InChI=1S/C16H18ClN3OS2/c1-9(2)16(4,8-18)20-14(21)10(3)22-15-19-12-7-11(17)5-6-13(12)23-15/h5-7,9-10H,1-4H3,(H,20,21)/t10-,16+/m0/s1. The molecule has 2 atom stereocenters. The lowest BCUT2D eigenvalue weighted by atomic mass is 9.90. The number of benzene rings is 1. The van der Waals surface area contributed by atoms with E-state index in [2.05, 4.69) is 16.4 Å². The van der Waals surface area contributed by atoms with Crippen molar-refractivity contribution in [1.29, 1.82) is 5.26 Å². The fraction of sp³-hybridized carbons (Fsp3) is 0.438. The first-order chi connectivity index (χ1) is 10.7. The molecule has 0 bridgehead atoms. The van der Waals surface area contributed by atoms with Gasteiger partial charge in [0.15, 0.2) is 4.34 Å². The van der Waals surface area contributed by atoms with Gasteiger partial charge in [0, 0.05) is 5.02 Å². The Kier molecular flexibility index (Phi) is 5.56. The average Bonchev–Trinajstić information content (AvgIpc) is 2.87. The third-order valence-electron chi connectivity index (χ3n) is 3.75. The molecule has 0 fully saturated rings. The minimum Gasteiger partial charge on any atom is -0.337 e. The van der Waals surface area contributed by atoms with Gasteiger partial charge in [-0.25, -0.2) is 4.98 Å². The van der Waals surface area contributed by atoms with E-state index in [0.717, 1.165) is 14.6 Å². The highest BCUT2D eigenvalue weighted by Gasteiger charge is 2.32. The number of amides is 1. The van der Waals surface area contributed by atoms with Gasteiger partial charge in [0.25, 0.3) is 0 Å². The first kappa shape index (κ1) is 18.1. The second-order valence-electron chi connectivity index (χ2n) is 5.81. The quantitative estimate of drug-likeness (QED) is 0.791. The van der Waals surface area contributed by atoms with Gasteiger partial charge in [-0.3, -0.25) is 4.79 Å². The number of carbonyl (C=O) groups excluding carboxylic acids is 1. The maximum atomic E-state index is 12.4. The maximum absolute atomic E-state index is 12.4. The number of hydrogen-bond donors (Lipinski definition) is 1. The minimum atomic E-state index is -0.868. The first-order valence-corrected chi connectivity index (χ1v) is 9.28. The van der Waals surface area contributed by atoms with Crippen molar-refractivity contribution < 1.29 is 4.79 Å². The monoisotopic (exact) mass is 367 g/mol. The lowest BCUT2D eigenvalue weighted by Gasteiger charge is -2.28. The molecule has 23 heavy (non-hydrogen) atoms. The zero-order valence-corrected chi connectivity index (χ0v) is 15.8. The van der Waals surface area contributed by atoms with Crippen molar-refractivity contribution in [3.63, 3.8) is 0 Å². The molecule has 1 aromatic carbocycles. The normalized spacial score (nSPS) is 15.2. The van der Waals surface area contributed by atoms with Crippen LogP contribution in [0.2, 0.25) is 5.02 Å². The third kappa shape index (κ3) is 4.17. The van der Waals surface area contributed by atoms with Crippen LogP contribution in [0.5, 0.6) is 0 Å². The Morgan fingerprint density at radius 1 is 1.48 bits per heavy atom. The molecule has 0 unspecified atom stereocenters. The van der Waals surface area contributed by atoms with Gasteiger partial charge in [-0.2, -0.15) is 5.26 Å². The van der Waals surface area contributed by atoms with Gasteiger partial charge in [0.1, 0.15) is 5.54 Å². The summed E-state index contributed by atoms with van der Waals surface area (Å²) in [6.07, 6.45) is 0. The van der Waals surface area contributed by atoms with Crippen LogP contribution in [0.4, 0.5) is 0 Å². The molecule has 1 aromatic heterocycles. The predicted molar refractivity (Wildman–Crippen MR) is 96.9 cm³/mol. The van der Waals surface area contributed by atoms with Crippen LogP contribution in [0.25, 0.3) is 10.2 Å². The van der Waals surface area contributed by atoms with Crippen LogP contribution >= 0.6 is 34.7 Å². The molecule has 2 rings (SSSR count). The van der Waals surface area contributed by atoms with E-state index in [0.29, 0.717) is 5.02 Å². The molecule has 0 radical (unpaired) electrons. The highest BCUT2D eigenvalue weighted by Crippen LogP contribution is 2.33. The van der Waals surface area contributed by atoms with Gasteiger partial charge in [0.05, 0.1) is 21.5 Å². The van der Waals surface area contributed by atoms with Crippen molar-refractivity contribution >= 4 is 50.8 Å². The molecule has 0 aliphatic carbocycles. The highest BCUT2D eigenvalue weighted by molar-refractivity contribution is 8.02. The molecule has 7 heteroatoms. The van der Waals surface area contributed by atoms with Gasteiger partial charge in [-0.1, -0.05) is 37.2 Å². The van der Waals surface area contributed by atoms with Crippen molar-refractivity contribution in [2.45, 2.75) is 42.8 Å². The number of aromatic nitrogens is 1. The molecule has 4 nitrogen and oxygen atoms in total. The van der Waals surface area contributed by atoms with E-state index in [9.17, 15) is 10.1 Å². The van der Waals surface area contributed by atoms with E-state index in [1.165, 1.54) is 23.1 Å². The fourth-order valence-corrected chi connectivity index (χ4v) is 4.15. The Balaban J connectivity index is 2.09. The van der Waals surface area contributed by atoms with Crippen molar-refractivity contribution in [3.8, 4) is 6.07 Å². The van der Waals surface area contributed by atoms with Crippen LogP contribution in [-0.2, 0) is 4.79 Å². The molecule has 1 heterocycles. The lowest BCUT2D eigenvalue weighted by molar-refractivity contribution is -0.121. The largest absolute Gasteiger partial charge is 0.337 e. The molecule has 0 aliphatic rings. The van der Waals surface area contributed by atoms with Crippen LogP contribution < -0.4 is 5.32 Å². The van der Waals surface area contributed by atoms with E-state index in [1.54, 1.807) is 6.92 Å². The molecule has 2 aromatic rings. The molecule has 0 spiro atoms. The summed E-state index contributed by atoms with van der Waals surface area (Å²) in [5.41, 5.74) is -0.0332. The predicted octanol–water partition coefficient (Wildman–Crippen LogP) is 4.48. The summed E-state index contributed by atoms with van der Waals surface area (Å²) in [6, 6.07) is 7.75. The topological polar surface area (TPSA) is 65.8 Å². The number of nitrogens with one attached hydrogen (secondary N) is 1. The van der Waals surface area contributed by atoms with Gasteiger partial charge in [-0.05, 0) is 38.0 Å². The minimum absolute atomic E-state index is 0.0262. The Morgan fingerprint density at radius 3 is 2.78 bits per heavy atom. The van der Waals surface area contributed by atoms with Crippen molar-refractivity contribution in [3.05, 3.63) is 23.2 Å². The van der Waals surface area contributed by atoms with Gasteiger partial charge in [0.2, 0.25) is 5.91 Å². The Morgan fingerprint density at radius 2 is 2.17 bits per heavy atom. The second kappa shape index (κ2) is 7.08. The zero-order chi connectivity index (χ0) is 17.2. The number of fused-ring (bicyclic) bond motifs is 1. The van der Waals surface area contributed by atoms with Crippen LogP contribution in [0.1, 0.15) is 27.7 Å². The molecular weight excluding hydrogens is 350 g/mol. The Hall–Kier alpha value is -1.29. The van der Waals surface area contributed by atoms with Gasteiger partial charge < -0.3 is 5.32 Å². The summed E-state index contributed by atoms with van der Waals surface area (Å²) in [5, 5.41) is 12.5. The number of nitriles is 1. The van der Waals surface area contributed by atoms with Crippen LogP contribution in [0.15, 0.2) is 22.5 Å². The fourth-order valence-electron chi connectivity index (χ4n) is 1.79. The summed E-state index contributed by atoms with van der Waals surface area (Å²) in [7, 11) is 0. The highest BCUT2D eigenvalue weighted by atomic mass is 35.5. The van der Waals surface area contributed by atoms with E-state index in [4.69, 9.17) is 11.6 Å². The Bertz CT molecular complexity index is 768. The summed E-state index contributed by atoms with van der Waals surface area (Å²) in [5.74, 6) is -0.136. The summed E-state index contributed by atoms with van der Waals surface area (Å²) < 4.78 is 1.85. The van der Waals surface area contributed by atoms with Crippen LogP contribution in [-0.4, -0.2) is 21.7 Å². The summed E-state index contributed by atoms with van der Waals surface area (Å²) in [4.78, 5) is 16.9. The first-order valence-electron chi connectivity index (χ1n) is 7.21. The number of rotatable bonds is 5. The molecule has 0 aliphatic heterocycles. The van der Waals surface area contributed by atoms with Crippen molar-refractivity contribution in [2.24, 2.45) is 5.92 Å². The molecular formula is C16H18ClN3OS2. The second-order valence-corrected chi connectivity index (χ2v) is 8.87.